The third-order valence-electron chi connectivity index (χ3n) is 2.92. The quantitative estimate of drug-likeness (QED) is 0.750. The fourth-order valence-corrected chi connectivity index (χ4v) is 2.62. The monoisotopic (exact) mass is 308 g/mol. The van der Waals surface area contributed by atoms with Gasteiger partial charge in [-0.05, 0) is 12.8 Å². The predicted molar refractivity (Wildman–Crippen MR) is 84.6 cm³/mol. The van der Waals surface area contributed by atoms with Crippen molar-refractivity contribution in [3.8, 4) is 0 Å². The molecule has 0 aromatic carbocycles. The van der Waals surface area contributed by atoms with E-state index < -0.39 is 0 Å². The number of hydrogen-bond acceptors (Lipinski definition) is 6. The van der Waals surface area contributed by atoms with Crippen molar-refractivity contribution in [1.29, 1.82) is 0 Å². The van der Waals surface area contributed by atoms with E-state index in [-0.39, 0.29) is 5.91 Å². The van der Waals surface area contributed by atoms with E-state index in [1.54, 1.807) is 12.5 Å². The van der Waals surface area contributed by atoms with Gasteiger partial charge in [0.15, 0.2) is 5.13 Å². The summed E-state index contributed by atoms with van der Waals surface area (Å²) in [4.78, 5) is 22.5. The van der Waals surface area contributed by atoms with E-state index in [0.29, 0.717) is 17.2 Å². The van der Waals surface area contributed by atoms with Crippen molar-refractivity contribution in [1.82, 2.24) is 19.9 Å². The largest absolute Gasteiger partial charge is 0.382 e. The Kier molecular flexibility index (Phi) is 5.15. The first kappa shape index (κ1) is 15.3. The third-order valence-corrected chi connectivity index (χ3v) is 4.16. The minimum atomic E-state index is -0.152. The zero-order chi connectivity index (χ0) is 15.2. The molecule has 21 heavy (non-hydrogen) atoms. The molecule has 7 nitrogen and oxygen atoms in total. The number of carbonyl (C=O) groups excluding carboxylic acids is 1. The Morgan fingerprint density at radius 2 is 2.29 bits per heavy atom. The van der Waals surface area contributed by atoms with Crippen LogP contribution in [0.15, 0.2) is 18.7 Å². The topological polar surface area (TPSA) is 89.1 Å². The Labute approximate surface area is 127 Å². The number of nitrogens with zero attached hydrogens (tertiary/aromatic N) is 4. The molecule has 0 bridgehead atoms. The molecular formula is C13H20N6OS. The Hall–Kier alpha value is -2.09. The van der Waals surface area contributed by atoms with Crippen LogP contribution in [0.2, 0.25) is 0 Å². The minimum Gasteiger partial charge on any atom is -0.382 e. The highest BCUT2D eigenvalue weighted by Gasteiger charge is 2.16. The minimum absolute atomic E-state index is 0.152. The van der Waals surface area contributed by atoms with E-state index in [0.717, 1.165) is 24.5 Å². The summed E-state index contributed by atoms with van der Waals surface area (Å²) in [5.74, 6) is 0.139. The van der Waals surface area contributed by atoms with Crippen molar-refractivity contribution < 1.29 is 4.79 Å². The standard InChI is InChI=1S/C13H20N6OS/c1-18(2)13-17-11(14)10(21-13)12(20)16-5-3-4-7-19-8-6-15-9-19/h6,8-9H,3-5,7,14H2,1-2H3,(H,16,20). The molecular weight excluding hydrogens is 288 g/mol. The van der Waals surface area contributed by atoms with Crippen LogP contribution < -0.4 is 16.0 Å². The summed E-state index contributed by atoms with van der Waals surface area (Å²) in [6, 6.07) is 0. The van der Waals surface area contributed by atoms with Crippen molar-refractivity contribution in [3.63, 3.8) is 0 Å². The number of anilines is 2. The fourth-order valence-electron chi connectivity index (χ4n) is 1.79. The molecule has 1 amide bonds. The van der Waals surface area contributed by atoms with Gasteiger partial charge in [0.2, 0.25) is 0 Å². The molecule has 2 aromatic rings. The second-order valence-electron chi connectivity index (χ2n) is 4.87. The van der Waals surface area contributed by atoms with E-state index in [1.165, 1.54) is 11.3 Å². The number of unbranched alkanes of at least 4 members (excludes halogenated alkanes) is 1. The molecule has 3 N–H and O–H groups in total. The number of nitrogen functional groups attached to an aromatic ring is 1. The average Bonchev–Trinajstić information content (AvgIpc) is 3.07. The van der Waals surface area contributed by atoms with Crippen LogP contribution in [0, 0.1) is 0 Å². The van der Waals surface area contributed by atoms with E-state index in [9.17, 15) is 4.79 Å². The van der Waals surface area contributed by atoms with Crippen LogP contribution >= 0.6 is 11.3 Å². The molecule has 0 atom stereocenters. The molecule has 8 heteroatoms. The molecule has 0 aliphatic carbocycles. The first-order valence-electron chi connectivity index (χ1n) is 6.75. The Balaban J connectivity index is 1.74. The fraction of sp³-hybridized carbons (Fsp3) is 0.462. The van der Waals surface area contributed by atoms with Crippen molar-refractivity contribution in [2.24, 2.45) is 0 Å². The Morgan fingerprint density at radius 1 is 1.48 bits per heavy atom. The summed E-state index contributed by atoms with van der Waals surface area (Å²) < 4.78 is 2.02. The van der Waals surface area contributed by atoms with Crippen molar-refractivity contribution in [2.45, 2.75) is 19.4 Å². The molecule has 0 spiro atoms. The predicted octanol–water partition coefficient (Wildman–Crippen LogP) is 1.20. The summed E-state index contributed by atoms with van der Waals surface area (Å²) in [5, 5.41) is 3.61. The lowest BCUT2D eigenvalue weighted by Gasteiger charge is -2.05. The highest BCUT2D eigenvalue weighted by molar-refractivity contribution is 7.18. The highest BCUT2D eigenvalue weighted by atomic mass is 32.1. The molecule has 0 radical (unpaired) electrons. The number of imidazole rings is 1. The Bertz CT molecular complexity index is 578. The van der Waals surface area contributed by atoms with E-state index in [4.69, 9.17) is 5.73 Å². The molecule has 2 rings (SSSR count). The van der Waals surface area contributed by atoms with E-state index >= 15 is 0 Å². The lowest BCUT2D eigenvalue weighted by atomic mass is 10.3. The van der Waals surface area contributed by atoms with Gasteiger partial charge in [-0.15, -0.1) is 0 Å². The Morgan fingerprint density at radius 3 is 2.90 bits per heavy atom. The van der Waals surface area contributed by atoms with Crippen LogP contribution in [0.3, 0.4) is 0 Å². The van der Waals surface area contributed by atoms with Gasteiger partial charge >= 0.3 is 0 Å². The van der Waals surface area contributed by atoms with Gasteiger partial charge < -0.3 is 20.5 Å². The van der Waals surface area contributed by atoms with Crippen LogP contribution in [-0.4, -0.2) is 41.1 Å². The van der Waals surface area contributed by atoms with E-state index in [1.807, 2.05) is 29.8 Å². The number of hydrogen-bond donors (Lipinski definition) is 2. The molecule has 2 heterocycles. The number of thiazole rings is 1. The second-order valence-corrected chi connectivity index (χ2v) is 5.85. The smallest absolute Gasteiger partial charge is 0.265 e. The second kappa shape index (κ2) is 7.07. The molecule has 0 saturated heterocycles. The first-order valence-corrected chi connectivity index (χ1v) is 7.57. The molecule has 0 aliphatic rings. The van der Waals surface area contributed by atoms with Gasteiger partial charge in [-0.25, -0.2) is 9.97 Å². The lowest BCUT2D eigenvalue weighted by molar-refractivity contribution is 0.0957. The van der Waals surface area contributed by atoms with Gasteiger partial charge in [0.05, 0.1) is 6.33 Å². The van der Waals surface area contributed by atoms with Crippen LogP contribution in [-0.2, 0) is 6.54 Å². The van der Waals surface area contributed by atoms with Gasteiger partial charge in [-0.3, -0.25) is 4.79 Å². The molecule has 0 fully saturated rings. The lowest BCUT2D eigenvalue weighted by Crippen LogP contribution is -2.24. The van der Waals surface area contributed by atoms with Gasteiger partial charge in [0, 0.05) is 39.6 Å². The normalized spacial score (nSPS) is 10.6. The van der Waals surface area contributed by atoms with Gasteiger partial charge in [-0.2, -0.15) is 0 Å². The van der Waals surface area contributed by atoms with Crippen LogP contribution in [0.4, 0.5) is 10.9 Å². The zero-order valence-corrected chi connectivity index (χ0v) is 13.1. The maximum atomic E-state index is 12.0. The number of aryl methyl sites for hydroxylation is 1. The SMILES string of the molecule is CN(C)c1nc(N)c(C(=O)NCCCCn2ccnc2)s1. The average molecular weight is 308 g/mol. The molecule has 0 unspecified atom stereocenters. The van der Waals surface area contributed by atoms with Crippen LogP contribution in [0.5, 0.6) is 0 Å². The van der Waals surface area contributed by atoms with Crippen molar-refractivity contribution >= 4 is 28.2 Å². The number of carbonyl (C=O) groups is 1. The maximum absolute atomic E-state index is 12.0. The van der Waals surface area contributed by atoms with Crippen LogP contribution in [0.1, 0.15) is 22.5 Å². The number of aromatic nitrogens is 3. The number of nitrogens with one attached hydrogen (secondary N) is 1. The molecule has 0 saturated carbocycles. The summed E-state index contributed by atoms with van der Waals surface area (Å²) in [7, 11) is 3.74. The summed E-state index contributed by atoms with van der Waals surface area (Å²) in [6.45, 7) is 1.53. The van der Waals surface area contributed by atoms with Gasteiger partial charge in [0.1, 0.15) is 10.7 Å². The van der Waals surface area contributed by atoms with Crippen molar-refractivity contribution in [3.05, 3.63) is 23.6 Å². The highest BCUT2D eigenvalue weighted by Crippen LogP contribution is 2.26. The number of rotatable bonds is 7. The zero-order valence-electron chi connectivity index (χ0n) is 12.2. The summed E-state index contributed by atoms with van der Waals surface area (Å²) in [5.41, 5.74) is 5.78. The maximum Gasteiger partial charge on any atom is 0.265 e. The number of amides is 1. The molecule has 0 aliphatic heterocycles. The van der Waals surface area contributed by atoms with E-state index in [2.05, 4.69) is 15.3 Å². The first-order chi connectivity index (χ1) is 10.1. The summed E-state index contributed by atoms with van der Waals surface area (Å²) >= 11 is 1.30. The molecule has 114 valence electrons. The summed E-state index contributed by atoms with van der Waals surface area (Å²) in [6.07, 6.45) is 7.37. The van der Waals surface area contributed by atoms with Crippen molar-refractivity contribution in [2.75, 3.05) is 31.3 Å². The third kappa shape index (κ3) is 4.19. The van der Waals surface area contributed by atoms with Gasteiger partial charge in [-0.1, -0.05) is 11.3 Å². The van der Waals surface area contributed by atoms with Crippen LogP contribution in [0.25, 0.3) is 0 Å². The molecule has 2 aromatic heterocycles. The van der Waals surface area contributed by atoms with Gasteiger partial charge in [0.25, 0.3) is 5.91 Å². The number of nitrogens with two attached hydrogens (primary N) is 1.